The molecular weight excluding hydrogens is 312 g/mol. The summed E-state index contributed by atoms with van der Waals surface area (Å²) in [4.78, 5) is 14.0. The summed E-state index contributed by atoms with van der Waals surface area (Å²) in [6, 6.07) is 3.05. The van der Waals surface area contributed by atoms with Crippen molar-refractivity contribution in [2.45, 2.75) is 76.3 Å². The highest BCUT2D eigenvalue weighted by molar-refractivity contribution is 5.52. The highest BCUT2D eigenvalue weighted by Gasteiger charge is 2.33. The van der Waals surface area contributed by atoms with Crippen LogP contribution >= 0.6 is 0 Å². The zero-order chi connectivity index (χ0) is 17.1. The third-order valence-electron chi connectivity index (χ3n) is 6.56. The number of hydrogen-bond donors (Lipinski definition) is 1. The number of rotatable bonds is 4. The Hall–Kier alpha value is -1.36. The molecule has 2 unspecified atom stereocenters. The van der Waals surface area contributed by atoms with E-state index in [1.807, 2.05) is 0 Å². The summed E-state index contributed by atoms with van der Waals surface area (Å²) in [5.74, 6) is 2.94. The van der Waals surface area contributed by atoms with Crippen LogP contribution in [0.5, 0.6) is 0 Å². The average molecular weight is 345 g/mol. The lowest BCUT2D eigenvalue weighted by Crippen LogP contribution is -2.42. The lowest BCUT2D eigenvalue weighted by atomic mass is 9.83. The Morgan fingerprint density at radius 1 is 0.840 bits per heavy atom. The van der Waals surface area contributed by atoms with Crippen molar-refractivity contribution < 1.29 is 5.11 Å². The van der Waals surface area contributed by atoms with E-state index in [4.69, 9.17) is 0 Å². The van der Waals surface area contributed by atoms with Crippen LogP contribution in [-0.2, 0) is 0 Å². The number of anilines is 2. The van der Waals surface area contributed by atoms with E-state index in [1.165, 1.54) is 57.8 Å². The van der Waals surface area contributed by atoms with Gasteiger partial charge in [-0.3, -0.25) is 0 Å². The van der Waals surface area contributed by atoms with Crippen molar-refractivity contribution in [3.05, 3.63) is 12.4 Å². The summed E-state index contributed by atoms with van der Waals surface area (Å²) in [6.45, 7) is 2.34. The molecule has 0 amide bonds. The van der Waals surface area contributed by atoms with Gasteiger partial charge >= 0.3 is 0 Å². The van der Waals surface area contributed by atoms with Gasteiger partial charge in [-0.05, 0) is 50.9 Å². The Bertz CT molecular complexity index is 560. The van der Waals surface area contributed by atoms with Gasteiger partial charge in [0.25, 0.3) is 0 Å². The van der Waals surface area contributed by atoms with Crippen LogP contribution in [0.4, 0.5) is 11.6 Å². The zero-order valence-electron chi connectivity index (χ0n) is 15.3. The van der Waals surface area contributed by atoms with E-state index in [2.05, 4.69) is 25.8 Å². The molecule has 2 aliphatic heterocycles. The van der Waals surface area contributed by atoms with Crippen molar-refractivity contribution in [3.63, 3.8) is 0 Å². The molecule has 2 saturated heterocycles. The Kier molecular flexibility index (Phi) is 5.39. The van der Waals surface area contributed by atoms with Gasteiger partial charge in [-0.15, -0.1) is 0 Å². The summed E-state index contributed by atoms with van der Waals surface area (Å²) in [5, 5.41) is 9.72. The molecule has 1 aliphatic carbocycles. The summed E-state index contributed by atoms with van der Waals surface area (Å²) in [6.07, 6.45) is 14.8. The Labute approximate surface area is 151 Å². The van der Waals surface area contributed by atoms with E-state index in [0.29, 0.717) is 6.04 Å². The molecule has 0 spiro atoms. The monoisotopic (exact) mass is 344 g/mol. The van der Waals surface area contributed by atoms with Gasteiger partial charge in [0.2, 0.25) is 0 Å². The number of piperidine rings is 1. The summed E-state index contributed by atoms with van der Waals surface area (Å²) in [5.41, 5.74) is 0. The van der Waals surface area contributed by atoms with Crippen LogP contribution in [0.2, 0.25) is 0 Å². The van der Waals surface area contributed by atoms with E-state index >= 15 is 0 Å². The van der Waals surface area contributed by atoms with Crippen molar-refractivity contribution in [2.24, 2.45) is 5.92 Å². The van der Waals surface area contributed by atoms with Gasteiger partial charge in [0.05, 0.1) is 12.6 Å². The number of nitrogens with zero attached hydrogens (tertiary/aromatic N) is 4. The molecule has 0 bridgehead atoms. The maximum atomic E-state index is 9.72. The minimum atomic E-state index is 0.212. The van der Waals surface area contributed by atoms with Crippen molar-refractivity contribution in [2.75, 3.05) is 29.5 Å². The molecule has 1 aromatic rings. The van der Waals surface area contributed by atoms with Crippen LogP contribution in [0.3, 0.4) is 0 Å². The van der Waals surface area contributed by atoms with Crippen LogP contribution in [0.1, 0.15) is 64.2 Å². The highest BCUT2D eigenvalue weighted by atomic mass is 16.3. The van der Waals surface area contributed by atoms with Gasteiger partial charge in [-0.25, -0.2) is 9.97 Å². The number of aromatic nitrogens is 2. The molecule has 0 radical (unpaired) electrons. The Morgan fingerprint density at radius 2 is 1.56 bits per heavy atom. The first-order chi connectivity index (χ1) is 12.4. The minimum absolute atomic E-state index is 0.212. The molecule has 1 aromatic heterocycles. The molecule has 138 valence electrons. The lowest BCUT2D eigenvalue weighted by molar-refractivity contribution is 0.239. The van der Waals surface area contributed by atoms with E-state index in [0.717, 1.165) is 37.1 Å². The maximum absolute atomic E-state index is 9.72. The highest BCUT2D eigenvalue weighted by Crippen LogP contribution is 2.37. The van der Waals surface area contributed by atoms with Crippen LogP contribution < -0.4 is 9.80 Å². The van der Waals surface area contributed by atoms with Gasteiger partial charge in [0.1, 0.15) is 18.0 Å². The molecule has 1 saturated carbocycles. The molecule has 5 nitrogen and oxygen atoms in total. The first-order valence-corrected chi connectivity index (χ1v) is 10.3. The summed E-state index contributed by atoms with van der Waals surface area (Å²) >= 11 is 0. The van der Waals surface area contributed by atoms with Crippen LogP contribution in [-0.4, -0.2) is 46.9 Å². The quantitative estimate of drug-likeness (QED) is 0.907. The summed E-state index contributed by atoms with van der Waals surface area (Å²) in [7, 11) is 0. The first-order valence-electron chi connectivity index (χ1n) is 10.3. The van der Waals surface area contributed by atoms with E-state index in [9.17, 15) is 5.11 Å². The molecule has 5 heteroatoms. The second-order valence-corrected chi connectivity index (χ2v) is 8.06. The third kappa shape index (κ3) is 3.62. The first kappa shape index (κ1) is 17.1. The van der Waals surface area contributed by atoms with Gasteiger partial charge in [-0.1, -0.05) is 19.3 Å². The zero-order valence-corrected chi connectivity index (χ0v) is 15.3. The smallest absolute Gasteiger partial charge is 0.134 e. The Morgan fingerprint density at radius 3 is 2.36 bits per heavy atom. The average Bonchev–Trinajstić information content (AvgIpc) is 3.19. The van der Waals surface area contributed by atoms with Crippen LogP contribution in [0.15, 0.2) is 12.4 Å². The fraction of sp³-hybridized carbons (Fsp3) is 0.800. The lowest BCUT2D eigenvalue weighted by Gasteiger charge is -2.37. The van der Waals surface area contributed by atoms with Gasteiger partial charge in [0, 0.05) is 25.2 Å². The normalized spacial score (nSPS) is 28.5. The topological polar surface area (TPSA) is 52.5 Å². The number of aliphatic hydroxyl groups excluding tert-OH is 1. The molecule has 4 rings (SSSR count). The van der Waals surface area contributed by atoms with Gasteiger partial charge in [-0.2, -0.15) is 0 Å². The van der Waals surface area contributed by atoms with Crippen molar-refractivity contribution in [1.29, 1.82) is 0 Å². The molecule has 3 heterocycles. The largest absolute Gasteiger partial charge is 0.394 e. The fourth-order valence-corrected chi connectivity index (χ4v) is 5.23. The second-order valence-electron chi connectivity index (χ2n) is 8.06. The van der Waals surface area contributed by atoms with Gasteiger partial charge in [0.15, 0.2) is 0 Å². The molecule has 3 aliphatic rings. The molecule has 0 aromatic carbocycles. The SMILES string of the molecule is OCC1CCCCN1c1cc(N2CCCC2C2CCCCC2)ncn1. The minimum Gasteiger partial charge on any atom is -0.394 e. The van der Waals surface area contributed by atoms with Crippen molar-refractivity contribution in [3.8, 4) is 0 Å². The molecule has 3 fully saturated rings. The van der Waals surface area contributed by atoms with Crippen molar-refractivity contribution >= 4 is 11.6 Å². The maximum Gasteiger partial charge on any atom is 0.134 e. The predicted molar refractivity (Wildman–Crippen MR) is 101 cm³/mol. The van der Waals surface area contributed by atoms with Crippen LogP contribution in [0.25, 0.3) is 0 Å². The summed E-state index contributed by atoms with van der Waals surface area (Å²) < 4.78 is 0. The Balaban J connectivity index is 1.53. The van der Waals surface area contributed by atoms with Crippen LogP contribution in [0, 0.1) is 5.92 Å². The third-order valence-corrected chi connectivity index (χ3v) is 6.56. The standard InChI is InChI=1S/C20H32N4O/c25-14-17-9-4-5-11-23(17)19-13-20(22-15-21-19)24-12-6-10-18(24)16-7-2-1-3-8-16/h13,15-18,25H,1-12,14H2. The van der Waals surface area contributed by atoms with E-state index in [1.54, 1.807) is 6.33 Å². The van der Waals surface area contributed by atoms with E-state index < -0.39 is 0 Å². The van der Waals surface area contributed by atoms with Crippen molar-refractivity contribution in [1.82, 2.24) is 9.97 Å². The van der Waals surface area contributed by atoms with E-state index in [-0.39, 0.29) is 12.6 Å². The molecule has 25 heavy (non-hydrogen) atoms. The number of aliphatic hydroxyl groups is 1. The number of hydrogen-bond acceptors (Lipinski definition) is 5. The second kappa shape index (κ2) is 7.90. The molecular formula is C20H32N4O. The predicted octanol–water partition coefficient (Wildman–Crippen LogP) is 3.38. The van der Waals surface area contributed by atoms with Gasteiger partial charge < -0.3 is 14.9 Å². The fourth-order valence-electron chi connectivity index (χ4n) is 5.23. The molecule has 2 atom stereocenters. The molecule has 1 N–H and O–H groups in total.